The second kappa shape index (κ2) is 7.63. The zero-order valence-corrected chi connectivity index (χ0v) is 18.7. The fourth-order valence-corrected chi connectivity index (χ4v) is 6.21. The lowest BCUT2D eigenvalue weighted by atomic mass is 9.89. The largest absolute Gasteiger partial charge is 0.309 e. The number of aromatic nitrogens is 6. The smallest absolute Gasteiger partial charge is 0.259 e. The Morgan fingerprint density at radius 2 is 2.20 bits per heavy atom. The molecule has 0 spiro atoms. The van der Waals surface area contributed by atoms with Gasteiger partial charge in [-0.25, -0.2) is 4.98 Å². The van der Waals surface area contributed by atoms with Crippen LogP contribution in [0, 0.1) is 19.8 Å². The molecule has 3 heterocycles. The third-order valence-electron chi connectivity index (χ3n) is 5.57. The predicted octanol–water partition coefficient (Wildman–Crippen LogP) is 3.99. The van der Waals surface area contributed by atoms with Crippen LogP contribution in [0.25, 0.3) is 15.9 Å². The SMILES string of the molecule is Cc1ccc(-n2nnnc2SCc2nc3sc4c(c3c(=O)[nH]2)CCC(C)C4)c(C)c1. The normalized spacial score (nSPS) is 16.2. The van der Waals surface area contributed by atoms with Crippen molar-refractivity contribution in [2.45, 2.75) is 50.9 Å². The van der Waals surface area contributed by atoms with E-state index in [1.807, 2.05) is 19.1 Å². The summed E-state index contributed by atoms with van der Waals surface area (Å²) < 4.78 is 1.74. The molecule has 5 rings (SSSR count). The lowest BCUT2D eigenvalue weighted by Crippen LogP contribution is -2.14. The van der Waals surface area contributed by atoms with Crippen molar-refractivity contribution < 1.29 is 0 Å². The summed E-state index contributed by atoms with van der Waals surface area (Å²) in [5.74, 6) is 1.82. The van der Waals surface area contributed by atoms with E-state index in [-0.39, 0.29) is 5.56 Å². The Morgan fingerprint density at radius 3 is 3.03 bits per heavy atom. The van der Waals surface area contributed by atoms with Crippen molar-refractivity contribution in [2.24, 2.45) is 5.92 Å². The summed E-state index contributed by atoms with van der Waals surface area (Å²) in [7, 11) is 0. The number of nitrogens with one attached hydrogen (secondary N) is 1. The molecule has 4 aromatic rings. The molecule has 1 aliphatic carbocycles. The third-order valence-corrected chi connectivity index (χ3v) is 7.65. The van der Waals surface area contributed by atoms with Crippen LogP contribution in [0.15, 0.2) is 28.2 Å². The Kier molecular flexibility index (Phi) is 4.94. The van der Waals surface area contributed by atoms with Gasteiger partial charge in [0.2, 0.25) is 5.16 Å². The first-order chi connectivity index (χ1) is 14.5. The molecule has 3 aromatic heterocycles. The van der Waals surface area contributed by atoms with E-state index in [9.17, 15) is 4.79 Å². The summed E-state index contributed by atoms with van der Waals surface area (Å²) in [6.07, 6.45) is 3.15. The number of benzene rings is 1. The first-order valence-corrected chi connectivity index (χ1v) is 11.8. The zero-order valence-electron chi connectivity index (χ0n) is 17.1. The average Bonchev–Trinajstić information content (AvgIpc) is 3.30. The minimum absolute atomic E-state index is 0.0309. The van der Waals surface area contributed by atoms with E-state index in [0.717, 1.165) is 40.7 Å². The van der Waals surface area contributed by atoms with Crippen molar-refractivity contribution in [3.63, 3.8) is 0 Å². The van der Waals surface area contributed by atoms with Gasteiger partial charge < -0.3 is 4.98 Å². The van der Waals surface area contributed by atoms with E-state index in [1.54, 1.807) is 16.0 Å². The topological polar surface area (TPSA) is 89.3 Å². The van der Waals surface area contributed by atoms with Gasteiger partial charge in [0.25, 0.3) is 5.56 Å². The molecular formula is C21H22N6OS2. The van der Waals surface area contributed by atoms with Gasteiger partial charge in [-0.2, -0.15) is 4.68 Å². The van der Waals surface area contributed by atoms with Gasteiger partial charge in [0.1, 0.15) is 10.7 Å². The number of tetrazole rings is 1. The molecule has 30 heavy (non-hydrogen) atoms. The first kappa shape index (κ1) is 19.4. The number of nitrogens with zero attached hydrogens (tertiary/aromatic N) is 5. The van der Waals surface area contributed by atoms with E-state index < -0.39 is 0 Å². The number of H-pyrrole nitrogens is 1. The molecule has 0 saturated heterocycles. The van der Waals surface area contributed by atoms with Crippen LogP contribution in [0.1, 0.15) is 40.7 Å². The van der Waals surface area contributed by atoms with Crippen molar-refractivity contribution in [3.05, 3.63) is 55.9 Å². The van der Waals surface area contributed by atoms with Gasteiger partial charge in [0.05, 0.1) is 16.8 Å². The molecule has 0 fully saturated rings. The van der Waals surface area contributed by atoms with E-state index in [0.29, 0.717) is 22.7 Å². The number of hydrogen-bond acceptors (Lipinski definition) is 7. The molecule has 0 bridgehead atoms. The number of thiophene rings is 1. The van der Waals surface area contributed by atoms with E-state index in [2.05, 4.69) is 40.4 Å². The van der Waals surface area contributed by atoms with Gasteiger partial charge >= 0.3 is 0 Å². The Bertz CT molecular complexity index is 1300. The van der Waals surface area contributed by atoms with E-state index >= 15 is 0 Å². The van der Waals surface area contributed by atoms with Gasteiger partial charge in [-0.05, 0) is 66.6 Å². The minimum Gasteiger partial charge on any atom is -0.309 e. The standard InChI is InChI=1S/C21H22N6OS2/c1-11-5-7-15(13(3)8-11)27-21(24-25-26-27)29-10-17-22-19(28)18-14-6-4-12(2)9-16(14)30-20(18)23-17/h5,7-8,12H,4,6,9-10H2,1-3H3,(H,22,23,28). The average molecular weight is 439 g/mol. The fraction of sp³-hybridized carbons (Fsp3) is 0.381. The Labute approximate surface area is 181 Å². The first-order valence-electron chi connectivity index (χ1n) is 10.0. The quantitative estimate of drug-likeness (QED) is 0.485. The highest BCUT2D eigenvalue weighted by atomic mass is 32.2. The summed E-state index contributed by atoms with van der Waals surface area (Å²) in [5, 5.41) is 13.6. The highest BCUT2D eigenvalue weighted by Crippen LogP contribution is 2.35. The zero-order chi connectivity index (χ0) is 20.8. The molecule has 154 valence electrons. The maximum Gasteiger partial charge on any atom is 0.259 e. The van der Waals surface area contributed by atoms with Gasteiger partial charge in [0, 0.05) is 4.88 Å². The summed E-state index contributed by atoms with van der Waals surface area (Å²) >= 11 is 3.14. The minimum atomic E-state index is -0.0309. The van der Waals surface area contributed by atoms with Gasteiger partial charge in [0.15, 0.2) is 0 Å². The van der Waals surface area contributed by atoms with Gasteiger partial charge in [-0.15, -0.1) is 16.4 Å². The maximum absolute atomic E-state index is 12.8. The van der Waals surface area contributed by atoms with Crippen LogP contribution in [0.4, 0.5) is 0 Å². The molecular weight excluding hydrogens is 416 g/mol. The highest BCUT2D eigenvalue weighted by molar-refractivity contribution is 7.98. The van der Waals surface area contributed by atoms with Crippen LogP contribution < -0.4 is 5.56 Å². The highest BCUT2D eigenvalue weighted by Gasteiger charge is 2.23. The number of aromatic amines is 1. The second-order valence-corrected chi connectivity index (χ2v) is 10.0. The molecule has 1 aromatic carbocycles. The molecule has 0 aliphatic heterocycles. The van der Waals surface area contributed by atoms with Crippen molar-refractivity contribution in [1.29, 1.82) is 0 Å². The monoisotopic (exact) mass is 438 g/mol. The molecule has 0 radical (unpaired) electrons. The lowest BCUT2D eigenvalue weighted by molar-refractivity contribution is 0.509. The van der Waals surface area contributed by atoms with Crippen molar-refractivity contribution in [3.8, 4) is 5.69 Å². The number of rotatable bonds is 4. The summed E-state index contributed by atoms with van der Waals surface area (Å²) in [6.45, 7) is 6.38. The van der Waals surface area contributed by atoms with E-state index in [4.69, 9.17) is 4.98 Å². The molecule has 1 atom stereocenters. The van der Waals surface area contributed by atoms with Crippen LogP contribution >= 0.6 is 23.1 Å². The van der Waals surface area contributed by atoms with Crippen LogP contribution in [-0.4, -0.2) is 30.2 Å². The van der Waals surface area contributed by atoms with E-state index in [1.165, 1.54) is 27.8 Å². The van der Waals surface area contributed by atoms with Crippen molar-refractivity contribution >= 4 is 33.3 Å². The maximum atomic E-state index is 12.8. The van der Waals surface area contributed by atoms with Crippen molar-refractivity contribution in [1.82, 2.24) is 30.2 Å². The molecule has 9 heteroatoms. The Morgan fingerprint density at radius 1 is 1.33 bits per heavy atom. The molecule has 0 saturated carbocycles. The Balaban J connectivity index is 1.43. The molecule has 1 N–H and O–H groups in total. The summed E-state index contributed by atoms with van der Waals surface area (Å²) in [4.78, 5) is 22.7. The van der Waals surface area contributed by atoms with Crippen LogP contribution in [-0.2, 0) is 18.6 Å². The van der Waals surface area contributed by atoms with Crippen molar-refractivity contribution in [2.75, 3.05) is 0 Å². The van der Waals surface area contributed by atoms with Gasteiger partial charge in [-0.3, -0.25) is 4.79 Å². The summed E-state index contributed by atoms with van der Waals surface area (Å²) in [6, 6.07) is 6.18. The second-order valence-electron chi connectivity index (χ2n) is 8.00. The van der Waals surface area contributed by atoms with Gasteiger partial charge in [-0.1, -0.05) is 36.4 Å². The van der Waals surface area contributed by atoms with Crippen LogP contribution in [0.2, 0.25) is 0 Å². The lowest BCUT2D eigenvalue weighted by Gasteiger charge is -2.17. The Hall–Kier alpha value is -2.52. The number of thioether (sulfide) groups is 1. The third kappa shape index (κ3) is 3.45. The molecule has 1 unspecified atom stereocenters. The molecule has 1 aliphatic rings. The fourth-order valence-electron chi connectivity index (χ4n) is 4.06. The number of fused-ring (bicyclic) bond motifs is 3. The number of hydrogen-bond donors (Lipinski definition) is 1. The van der Waals surface area contributed by atoms with Crippen LogP contribution in [0.3, 0.4) is 0 Å². The molecule has 0 amide bonds. The summed E-state index contributed by atoms with van der Waals surface area (Å²) in [5.41, 5.74) is 4.43. The predicted molar refractivity (Wildman–Crippen MR) is 120 cm³/mol. The van der Waals surface area contributed by atoms with Crippen LogP contribution in [0.5, 0.6) is 0 Å². The number of aryl methyl sites for hydroxylation is 3. The molecule has 7 nitrogen and oxygen atoms in total.